The Bertz CT molecular complexity index is 579. The second-order valence-corrected chi connectivity index (χ2v) is 3.80. The number of nitrogens with one attached hydrogen (secondary N) is 1. The molecular formula is C10H12N6O2. The molecule has 8 heteroatoms. The van der Waals surface area contributed by atoms with Crippen LogP contribution in [0.15, 0.2) is 18.6 Å². The lowest BCUT2D eigenvalue weighted by Crippen LogP contribution is -2.05. The molecule has 0 atom stereocenters. The Morgan fingerprint density at radius 1 is 1.50 bits per heavy atom. The number of pyridine rings is 1. The van der Waals surface area contributed by atoms with Gasteiger partial charge in [0.05, 0.1) is 17.5 Å². The van der Waals surface area contributed by atoms with Crippen LogP contribution < -0.4 is 5.32 Å². The Morgan fingerprint density at radius 3 is 2.89 bits per heavy atom. The highest BCUT2D eigenvalue weighted by atomic mass is 16.6. The molecular weight excluding hydrogens is 236 g/mol. The van der Waals surface area contributed by atoms with Crippen LogP contribution in [0.5, 0.6) is 0 Å². The van der Waals surface area contributed by atoms with Gasteiger partial charge in [0.1, 0.15) is 12.1 Å². The minimum absolute atomic E-state index is 0.0430. The molecule has 0 unspecified atom stereocenters. The van der Waals surface area contributed by atoms with Gasteiger partial charge in [-0.25, -0.2) is 9.97 Å². The molecule has 2 rings (SSSR count). The monoisotopic (exact) mass is 248 g/mol. The topological polar surface area (TPSA) is 98.8 Å². The zero-order chi connectivity index (χ0) is 13.1. The van der Waals surface area contributed by atoms with Crippen LogP contribution >= 0.6 is 0 Å². The molecule has 18 heavy (non-hydrogen) atoms. The Morgan fingerprint density at radius 2 is 2.28 bits per heavy atom. The summed E-state index contributed by atoms with van der Waals surface area (Å²) >= 11 is 0. The second kappa shape index (κ2) is 4.78. The van der Waals surface area contributed by atoms with E-state index in [-0.39, 0.29) is 5.69 Å². The number of aryl methyl sites for hydroxylation is 2. The summed E-state index contributed by atoms with van der Waals surface area (Å²) in [5.41, 5.74) is 0.572. The first kappa shape index (κ1) is 12.0. The van der Waals surface area contributed by atoms with Gasteiger partial charge >= 0.3 is 0 Å². The molecule has 0 aliphatic rings. The van der Waals surface area contributed by atoms with E-state index < -0.39 is 4.92 Å². The van der Waals surface area contributed by atoms with Gasteiger partial charge in [-0.2, -0.15) is 5.10 Å². The largest absolute Gasteiger partial charge is 0.362 e. The third kappa shape index (κ3) is 2.59. The van der Waals surface area contributed by atoms with Crippen LogP contribution in [0.4, 0.5) is 11.5 Å². The van der Waals surface area contributed by atoms with Crippen LogP contribution in [0.25, 0.3) is 0 Å². The first-order valence-corrected chi connectivity index (χ1v) is 5.25. The van der Waals surface area contributed by atoms with Crippen molar-refractivity contribution in [3.05, 3.63) is 40.1 Å². The molecule has 8 nitrogen and oxygen atoms in total. The summed E-state index contributed by atoms with van der Waals surface area (Å²) in [7, 11) is 1.77. The molecule has 1 N–H and O–H groups in total. The highest BCUT2D eigenvalue weighted by Crippen LogP contribution is 2.19. The lowest BCUT2D eigenvalue weighted by Gasteiger charge is -2.03. The highest BCUT2D eigenvalue weighted by molar-refractivity contribution is 5.48. The fourth-order valence-corrected chi connectivity index (χ4v) is 1.44. The van der Waals surface area contributed by atoms with Gasteiger partial charge in [-0.3, -0.25) is 14.8 Å². The van der Waals surface area contributed by atoms with E-state index >= 15 is 0 Å². The number of hydrogen-bond acceptors (Lipinski definition) is 6. The molecule has 94 valence electrons. The normalized spacial score (nSPS) is 10.3. The molecule has 0 fully saturated rings. The van der Waals surface area contributed by atoms with Crippen LogP contribution in [0.3, 0.4) is 0 Å². The van der Waals surface area contributed by atoms with Gasteiger partial charge in [0, 0.05) is 18.8 Å². The second-order valence-electron chi connectivity index (χ2n) is 3.80. The molecule has 2 heterocycles. The highest BCUT2D eigenvalue weighted by Gasteiger charge is 2.12. The molecule has 0 saturated carbocycles. The summed E-state index contributed by atoms with van der Waals surface area (Å²) in [6.07, 6.45) is 3.05. The molecule has 0 spiro atoms. The van der Waals surface area contributed by atoms with Gasteiger partial charge in [0.15, 0.2) is 5.82 Å². The van der Waals surface area contributed by atoms with Crippen LogP contribution in [-0.4, -0.2) is 24.7 Å². The van der Waals surface area contributed by atoms with Crippen molar-refractivity contribution in [2.24, 2.45) is 7.05 Å². The van der Waals surface area contributed by atoms with Gasteiger partial charge in [0.2, 0.25) is 0 Å². The predicted molar refractivity (Wildman–Crippen MR) is 64.0 cm³/mol. The van der Waals surface area contributed by atoms with Crippen molar-refractivity contribution >= 4 is 11.5 Å². The van der Waals surface area contributed by atoms with Crippen molar-refractivity contribution < 1.29 is 4.92 Å². The van der Waals surface area contributed by atoms with Crippen molar-refractivity contribution in [1.29, 1.82) is 0 Å². The predicted octanol–water partition coefficient (Wildman–Crippen LogP) is 1.04. The van der Waals surface area contributed by atoms with E-state index in [0.29, 0.717) is 23.8 Å². The minimum Gasteiger partial charge on any atom is -0.362 e. The summed E-state index contributed by atoms with van der Waals surface area (Å²) in [6, 6.07) is 1.40. The van der Waals surface area contributed by atoms with Crippen LogP contribution in [0, 0.1) is 17.0 Å². The first-order chi connectivity index (χ1) is 8.56. The van der Waals surface area contributed by atoms with Crippen LogP contribution in [0.1, 0.15) is 11.4 Å². The Kier molecular flexibility index (Phi) is 3.18. The van der Waals surface area contributed by atoms with E-state index in [1.165, 1.54) is 12.3 Å². The summed E-state index contributed by atoms with van der Waals surface area (Å²) in [5.74, 6) is 1.03. The fraction of sp³-hybridized carbons (Fsp3) is 0.300. The molecule has 0 amide bonds. The van der Waals surface area contributed by atoms with E-state index in [0.717, 1.165) is 0 Å². The van der Waals surface area contributed by atoms with Gasteiger partial charge in [-0.15, -0.1) is 0 Å². The third-order valence-electron chi connectivity index (χ3n) is 2.35. The van der Waals surface area contributed by atoms with E-state index in [9.17, 15) is 10.1 Å². The maximum Gasteiger partial charge on any atom is 0.277 e. The molecule has 0 radical (unpaired) electrons. The Hall–Kier alpha value is -2.51. The van der Waals surface area contributed by atoms with Gasteiger partial charge in [-0.1, -0.05) is 0 Å². The van der Waals surface area contributed by atoms with E-state index in [1.807, 2.05) is 0 Å². The first-order valence-electron chi connectivity index (χ1n) is 5.25. The summed E-state index contributed by atoms with van der Waals surface area (Å²) < 4.78 is 1.59. The average molecular weight is 248 g/mol. The molecule has 0 aromatic carbocycles. The average Bonchev–Trinajstić information content (AvgIpc) is 2.74. The SMILES string of the molecule is Cc1cnc(NCc2ncn(C)n2)cc1[N+](=O)[O-]. The maximum absolute atomic E-state index is 10.8. The number of nitro groups is 1. The van der Waals surface area contributed by atoms with E-state index in [2.05, 4.69) is 20.4 Å². The minimum atomic E-state index is -0.429. The van der Waals surface area contributed by atoms with E-state index in [4.69, 9.17) is 0 Å². The number of aromatic nitrogens is 4. The molecule has 0 aliphatic heterocycles. The lowest BCUT2D eigenvalue weighted by atomic mass is 10.2. The number of rotatable bonds is 4. The van der Waals surface area contributed by atoms with Gasteiger partial charge < -0.3 is 5.32 Å². The third-order valence-corrected chi connectivity index (χ3v) is 2.35. The zero-order valence-corrected chi connectivity index (χ0v) is 9.99. The quantitative estimate of drug-likeness (QED) is 0.641. The van der Waals surface area contributed by atoms with Gasteiger partial charge in [-0.05, 0) is 6.92 Å². The van der Waals surface area contributed by atoms with Crippen molar-refractivity contribution in [3.63, 3.8) is 0 Å². The zero-order valence-electron chi connectivity index (χ0n) is 9.99. The smallest absolute Gasteiger partial charge is 0.277 e. The van der Waals surface area contributed by atoms with Crippen molar-refractivity contribution in [2.45, 2.75) is 13.5 Å². The van der Waals surface area contributed by atoms with Gasteiger partial charge in [0.25, 0.3) is 5.69 Å². The Labute approximate surface area is 103 Å². The van der Waals surface area contributed by atoms with Crippen molar-refractivity contribution in [1.82, 2.24) is 19.7 Å². The van der Waals surface area contributed by atoms with E-state index in [1.54, 1.807) is 25.0 Å². The van der Waals surface area contributed by atoms with Crippen LogP contribution in [0.2, 0.25) is 0 Å². The summed E-state index contributed by atoms with van der Waals surface area (Å²) in [4.78, 5) is 18.4. The Balaban J connectivity index is 2.10. The maximum atomic E-state index is 10.8. The standard InChI is InChI=1S/C10H12N6O2/c1-7-4-11-9(3-8(7)16(17)18)12-5-10-13-6-15(2)14-10/h3-4,6H,5H2,1-2H3,(H,11,12). The molecule has 2 aromatic heterocycles. The summed E-state index contributed by atoms with van der Waals surface area (Å²) in [6.45, 7) is 2.02. The fourth-order valence-electron chi connectivity index (χ4n) is 1.44. The molecule has 0 saturated heterocycles. The molecule has 0 aliphatic carbocycles. The molecule has 2 aromatic rings. The number of hydrogen-bond donors (Lipinski definition) is 1. The number of anilines is 1. The number of nitrogens with zero attached hydrogens (tertiary/aromatic N) is 5. The lowest BCUT2D eigenvalue weighted by molar-refractivity contribution is -0.385. The summed E-state index contributed by atoms with van der Waals surface area (Å²) in [5, 5.41) is 17.8. The molecule has 0 bridgehead atoms. The van der Waals surface area contributed by atoms with Crippen molar-refractivity contribution in [3.8, 4) is 0 Å². The van der Waals surface area contributed by atoms with Crippen LogP contribution in [-0.2, 0) is 13.6 Å². The van der Waals surface area contributed by atoms with Crippen molar-refractivity contribution in [2.75, 3.05) is 5.32 Å².